The molecule has 1 aromatic carbocycles. The number of rotatable bonds is 8. The van der Waals surface area contributed by atoms with Crippen molar-refractivity contribution in [2.24, 2.45) is 4.99 Å². The third-order valence-corrected chi connectivity index (χ3v) is 4.22. The molecular weight excluding hydrogens is 323 g/mol. The summed E-state index contributed by atoms with van der Waals surface area (Å²) in [5.74, 6) is 0.531. The van der Waals surface area contributed by atoms with E-state index in [-0.39, 0.29) is 11.9 Å². The summed E-state index contributed by atoms with van der Waals surface area (Å²) in [5, 5.41) is 6.62. The van der Waals surface area contributed by atoms with Gasteiger partial charge in [0.05, 0.1) is 19.3 Å². The monoisotopic (exact) mass is 352 g/mol. The highest BCUT2D eigenvalue weighted by Crippen LogP contribution is 2.22. The maximum Gasteiger partial charge on any atom is 0.191 e. The zero-order valence-corrected chi connectivity index (χ0v) is 15.1. The number of nitrogens with zero attached hydrogens (tertiary/aromatic N) is 2. The summed E-state index contributed by atoms with van der Waals surface area (Å²) in [6.45, 7) is 5.23. The highest BCUT2D eigenvalue weighted by molar-refractivity contribution is 5.79. The number of nitrogens with one attached hydrogen (secondary N) is 2. The minimum absolute atomic E-state index is 0.0668. The minimum Gasteiger partial charge on any atom is -0.385 e. The molecular formula is C18H29FN4O2. The number of benzene rings is 1. The van der Waals surface area contributed by atoms with Crippen LogP contribution in [0.3, 0.4) is 0 Å². The Morgan fingerprint density at radius 1 is 1.36 bits per heavy atom. The average molecular weight is 352 g/mol. The fraction of sp³-hybridized carbons (Fsp3) is 0.611. The van der Waals surface area contributed by atoms with E-state index in [1.165, 1.54) is 6.07 Å². The van der Waals surface area contributed by atoms with Crippen LogP contribution in [0.4, 0.5) is 4.39 Å². The van der Waals surface area contributed by atoms with E-state index in [1.807, 2.05) is 6.07 Å². The van der Waals surface area contributed by atoms with Crippen LogP contribution in [0.1, 0.15) is 18.0 Å². The first kappa shape index (κ1) is 19.6. The van der Waals surface area contributed by atoms with Crippen molar-refractivity contribution in [1.29, 1.82) is 0 Å². The maximum atomic E-state index is 13.7. The first-order valence-corrected chi connectivity index (χ1v) is 8.75. The van der Waals surface area contributed by atoms with E-state index in [0.717, 1.165) is 37.6 Å². The topological polar surface area (TPSA) is 58.1 Å². The van der Waals surface area contributed by atoms with Crippen LogP contribution in [0.5, 0.6) is 0 Å². The lowest BCUT2D eigenvalue weighted by Crippen LogP contribution is -2.46. The van der Waals surface area contributed by atoms with Gasteiger partial charge >= 0.3 is 0 Å². The maximum absolute atomic E-state index is 13.7. The van der Waals surface area contributed by atoms with Gasteiger partial charge in [0, 0.05) is 46.9 Å². The lowest BCUT2D eigenvalue weighted by molar-refractivity contribution is 0.0169. The molecule has 0 saturated carbocycles. The number of hydrogen-bond donors (Lipinski definition) is 2. The van der Waals surface area contributed by atoms with E-state index >= 15 is 0 Å². The van der Waals surface area contributed by atoms with Crippen molar-refractivity contribution in [2.45, 2.75) is 12.5 Å². The van der Waals surface area contributed by atoms with Gasteiger partial charge in [-0.2, -0.15) is 0 Å². The van der Waals surface area contributed by atoms with E-state index < -0.39 is 0 Å². The van der Waals surface area contributed by atoms with Crippen molar-refractivity contribution in [1.82, 2.24) is 15.5 Å². The molecule has 1 atom stereocenters. The normalized spacial score (nSPS) is 17.3. The Hall–Kier alpha value is -1.70. The van der Waals surface area contributed by atoms with Crippen molar-refractivity contribution >= 4 is 5.96 Å². The van der Waals surface area contributed by atoms with Crippen LogP contribution in [0.15, 0.2) is 29.3 Å². The zero-order valence-electron chi connectivity index (χ0n) is 15.1. The Bertz CT molecular complexity index is 536. The Morgan fingerprint density at radius 3 is 2.84 bits per heavy atom. The van der Waals surface area contributed by atoms with Crippen LogP contribution < -0.4 is 10.6 Å². The van der Waals surface area contributed by atoms with Crippen LogP contribution in [-0.2, 0) is 9.47 Å². The first-order chi connectivity index (χ1) is 12.2. The van der Waals surface area contributed by atoms with Crippen LogP contribution in [-0.4, -0.2) is 71.0 Å². The molecule has 1 fully saturated rings. The standard InChI is InChI=1S/C18H29FN4O2/c1-20-18(21-7-4-10-24-2)22-14-17(23-8-11-25-12-9-23)15-5-3-6-16(19)13-15/h3,5-6,13,17H,4,7-12,14H2,1-2H3,(H2,20,21,22). The SMILES string of the molecule is CN=C(NCCCOC)NCC(c1cccc(F)c1)N1CCOCC1. The smallest absolute Gasteiger partial charge is 0.191 e. The van der Waals surface area contributed by atoms with Gasteiger partial charge in [0.1, 0.15) is 5.82 Å². The second-order valence-corrected chi connectivity index (χ2v) is 5.95. The molecule has 0 radical (unpaired) electrons. The molecule has 1 aliphatic heterocycles. The van der Waals surface area contributed by atoms with Crippen LogP contribution in [0.2, 0.25) is 0 Å². The predicted molar refractivity (Wildman–Crippen MR) is 97.4 cm³/mol. The lowest BCUT2D eigenvalue weighted by atomic mass is 10.0. The molecule has 1 heterocycles. The van der Waals surface area contributed by atoms with E-state index in [0.29, 0.717) is 26.4 Å². The third kappa shape index (κ3) is 6.61. The minimum atomic E-state index is -0.210. The highest BCUT2D eigenvalue weighted by Gasteiger charge is 2.23. The van der Waals surface area contributed by atoms with Crippen molar-refractivity contribution in [2.75, 3.05) is 60.2 Å². The first-order valence-electron chi connectivity index (χ1n) is 8.75. The fourth-order valence-electron chi connectivity index (χ4n) is 2.90. The molecule has 1 aliphatic rings. The molecule has 1 unspecified atom stereocenters. The zero-order chi connectivity index (χ0) is 17.9. The van der Waals surface area contributed by atoms with Gasteiger partial charge in [-0.05, 0) is 24.1 Å². The van der Waals surface area contributed by atoms with Crippen LogP contribution >= 0.6 is 0 Å². The molecule has 2 N–H and O–H groups in total. The fourth-order valence-corrected chi connectivity index (χ4v) is 2.90. The molecule has 0 aromatic heterocycles. The average Bonchev–Trinajstić information content (AvgIpc) is 2.64. The number of methoxy groups -OCH3 is 1. The van der Waals surface area contributed by atoms with Crippen molar-refractivity contribution in [3.8, 4) is 0 Å². The molecule has 2 rings (SSSR count). The van der Waals surface area contributed by atoms with Gasteiger partial charge in [0.25, 0.3) is 0 Å². The van der Waals surface area contributed by atoms with E-state index in [1.54, 1.807) is 26.3 Å². The summed E-state index contributed by atoms with van der Waals surface area (Å²) in [7, 11) is 3.44. The predicted octanol–water partition coefficient (Wildman–Crippen LogP) is 1.40. The number of aliphatic imine (C=N–C) groups is 1. The molecule has 0 bridgehead atoms. The quantitative estimate of drug-likeness (QED) is 0.421. The van der Waals surface area contributed by atoms with Gasteiger partial charge in [-0.25, -0.2) is 4.39 Å². The van der Waals surface area contributed by atoms with Gasteiger partial charge in [0.2, 0.25) is 0 Å². The van der Waals surface area contributed by atoms with Gasteiger partial charge in [-0.1, -0.05) is 12.1 Å². The second-order valence-electron chi connectivity index (χ2n) is 5.95. The van der Waals surface area contributed by atoms with Gasteiger partial charge in [-0.3, -0.25) is 9.89 Å². The molecule has 0 aliphatic carbocycles. The Balaban J connectivity index is 1.97. The lowest BCUT2D eigenvalue weighted by Gasteiger charge is -2.35. The molecule has 0 spiro atoms. The largest absolute Gasteiger partial charge is 0.385 e. The molecule has 7 heteroatoms. The van der Waals surface area contributed by atoms with E-state index in [4.69, 9.17) is 9.47 Å². The van der Waals surface area contributed by atoms with Gasteiger partial charge in [0.15, 0.2) is 5.96 Å². The summed E-state index contributed by atoms with van der Waals surface area (Å²) in [5.41, 5.74) is 0.962. The van der Waals surface area contributed by atoms with Gasteiger partial charge in [-0.15, -0.1) is 0 Å². The van der Waals surface area contributed by atoms with Crippen molar-refractivity contribution < 1.29 is 13.9 Å². The molecule has 1 saturated heterocycles. The van der Waals surface area contributed by atoms with E-state index in [2.05, 4.69) is 20.5 Å². The number of morpholine rings is 1. The Labute approximate surface area is 149 Å². The molecule has 6 nitrogen and oxygen atoms in total. The van der Waals surface area contributed by atoms with Gasteiger partial charge < -0.3 is 20.1 Å². The summed E-state index contributed by atoms with van der Waals surface area (Å²) < 4.78 is 24.2. The molecule has 25 heavy (non-hydrogen) atoms. The van der Waals surface area contributed by atoms with Crippen molar-refractivity contribution in [3.63, 3.8) is 0 Å². The summed E-state index contributed by atoms with van der Waals surface area (Å²) in [4.78, 5) is 6.57. The summed E-state index contributed by atoms with van der Waals surface area (Å²) in [6, 6.07) is 6.88. The van der Waals surface area contributed by atoms with E-state index in [9.17, 15) is 4.39 Å². The van der Waals surface area contributed by atoms with Crippen LogP contribution in [0, 0.1) is 5.82 Å². The number of halogens is 1. The molecule has 1 aromatic rings. The summed E-state index contributed by atoms with van der Waals surface area (Å²) >= 11 is 0. The number of guanidine groups is 1. The third-order valence-electron chi connectivity index (χ3n) is 4.22. The number of hydrogen-bond acceptors (Lipinski definition) is 4. The Kier molecular flexibility index (Phi) is 8.65. The van der Waals surface area contributed by atoms with Crippen LogP contribution in [0.25, 0.3) is 0 Å². The Morgan fingerprint density at radius 2 is 2.16 bits per heavy atom. The summed E-state index contributed by atoms with van der Waals surface area (Å²) in [6.07, 6.45) is 0.911. The molecule has 0 amide bonds. The highest BCUT2D eigenvalue weighted by atomic mass is 19.1. The van der Waals surface area contributed by atoms with Crippen molar-refractivity contribution in [3.05, 3.63) is 35.6 Å². The number of ether oxygens (including phenoxy) is 2. The second kappa shape index (κ2) is 11.0. The molecule has 140 valence electrons.